The van der Waals surface area contributed by atoms with E-state index in [1.54, 1.807) is 0 Å². The number of aryl methyl sites for hydroxylation is 2. The van der Waals surface area contributed by atoms with Crippen molar-refractivity contribution in [3.63, 3.8) is 0 Å². The van der Waals surface area contributed by atoms with E-state index in [1.807, 2.05) is 31.0 Å². The molecule has 0 radical (unpaired) electrons. The van der Waals surface area contributed by atoms with E-state index >= 15 is 0 Å². The Morgan fingerprint density at radius 1 is 1.10 bits per heavy atom. The third-order valence-electron chi connectivity index (χ3n) is 3.98. The molecule has 21 heavy (non-hydrogen) atoms. The van der Waals surface area contributed by atoms with Crippen molar-refractivity contribution in [1.82, 2.24) is 19.7 Å². The Bertz CT molecular complexity index is 817. The van der Waals surface area contributed by atoms with E-state index in [4.69, 9.17) is 0 Å². The Balaban J connectivity index is 1.87. The summed E-state index contributed by atoms with van der Waals surface area (Å²) in [4.78, 5) is 11.6. The van der Waals surface area contributed by atoms with Crippen LogP contribution in [0, 0.1) is 6.92 Å². The van der Waals surface area contributed by atoms with Gasteiger partial charge in [-0.05, 0) is 31.0 Å². The zero-order valence-electron chi connectivity index (χ0n) is 12.2. The molecule has 5 heteroatoms. The second kappa shape index (κ2) is 4.55. The Kier molecular flexibility index (Phi) is 2.67. The maximum absolute atomic E-state index is 4.63. The van der Waals surface area contributed by atoms with Crippen molar-refractivity contribution in [3.05, 3.63) is 36.4 Å². The number of aromatic nitrogens is 4. The number of anilines is 1. The van der Waals surface area contributed by atoms with Gasteiger partial charge in [0.2, 0.25) is 0 Å². The van der Waals surface area contributed by atoms with E-state index in [2.05, 4.69) is 38.2 Å². The third-order valence-corrected chi connectivity index (χ3v) is 3.98. The van der Waals surface area contributed by atoms with Gasteiger partial charge in [0.05, 0.1) is 11.7 Å². The van der Waals surface area contributed by atoms with E-state index < -0.39 is 0 Å². The first-order chi connectivity index (χ1) is 10.2. The molecule has 1 aliphatic rings. The molecule has 0 N–H and O–H groups in total. The molecular formula is C16H17N5. The number of benzene rings is 1. The summed E-state index contributed by atoms with van der Waals surface area (Å²) in [5, 5.41) is 5.37. The quantitative estimate of drug-likeness (QED) is 0.723. The largest absolute Gasteiger partial charge is 0.356 e. The van der Waals surface area contributed by atoms with Gasteiger partial charge >= 0.3 is 0 Å². The van der Waals surface area contributed by atoms with Crippen molar-refractivity contribution in [3.8, 4) is 11.1 Å². The fraction of sp³-hybridized carbons (Fsp3) is 0.312. The van der Waals surface area contributed by atoms with Gasteiger partial charge in [-0.3, -0.25) is 4.68 Å². The summed E-state index contributed by atoms with van der Waals surface area (Å²) in [6.45, 7) is 4.14. The summed E-state index contributed by atoms with van der Waals surface area (Å²) in [5.74, 6) is 1.90. The average Bonchev–Trinajstić information content (AvgIpc) is 2.82. The van der Waals surface area contributed by atoms with Crippen LogP contribution >= 0.6 is 0 Å². The number of nitrogens with zero attached hydrogens (tertiary/aromatic N) is 5. The summed E-state index contributed by atoms with van der Waals surface area (Å²) < 4.78 is 1.82. The second-order valence-corrected chi connectivity index (χ2v) is 5.57. The van der Waals surface area contributed by atoms with Crippen molar-refractivity contribution in [1.29, 1.82) is 0 Å². The second-order valence-electron chi connectivity index (χ2n) is 5.57. The van der Waals surface area contributed by atoms with E-state index in [0.29, 0.717) is 0 Å². The number of hydrogen-bond donors (Lipinski definition) is 0. The highest BCUT2D eigenvalue weighted by Crippen LogP contribution is 2.30. The molecule has 0 unspecified atom stereocenters. The minimum atomic E-state index is 0.827. The maximum Gasteiger partial charge on any atom is 0.140 e. The van der Waals surface area contributed by atoms with Gasteiger partial charge in [-0.25, -0.2) is 9.97 Å². The number of rotatable bonds is 2. The van der Waals surface area contributed by atoms with Crippen molar-refractivity contribution in [2.45, 2.75) is 13.3 Å². The predicted molar refractivity (Wildman–Crippen MR) is 83.3 cm³/mol. The summed E-state index contributed by atoms with van der Waals surface area (Å²) in [6, 6.07) is 6.39. The SMILES string of the molecule is Cc1nc(N2CCC2)c2ccc(-c3cnn(C)c3)cc2n1. The van der Waals surface area contributed by atoms with Crippen LogP contribution in [0.2, 0.25) is 0 Å². The highest BCUT2D eigenvalue weighted by atomic mass is 15.2. The van der Waals surface area contributed by atoms with Gasteiger partial charge in [0, 0.05) is 37.3 Å². The molecule has 1 aromatic carbocycles. The van der Waals surface area contributed by atoms with Crippen molar-refractivity contribution < 1.29 is 0 Å². The van der Waals surface area contributed by atoms with Gasteiger partial charge in [0.25, 0.3) is 0 Å². The fourth-order valence-corrected chi connectivity index (χ4v) is 2.74. The van der Waals surface area contributed by atoms with Crippen LogP contribution in [0.3, 0.4) is 0 Å². The standard InChI is InChI=1S/C16H17N5/c1-11-18-15-8-12(13-9-17-20(2)10-13)4-5-14(15)16(19-11)21-6-3-7-21/h4-5,8-10H,3,6-7H2,1-2H3. The molecule has 0 saturated carbocycles. The third kappa shape index (κ3) is 2.05. The summed E-state index contributed by atoms with van der Waals surface area (Å²) in [7, 11) is 1.93. The van der Waals surface area contributed by atoms with Gasteiger partial charge in [-0.15, -0.1) is 0 Å². The molecule has 106 valence electrons. The molecule has 3 aromatic rings. The Labute approximate surface area is 123 Å². The molecule has 0 spiro atoms. The lowest BCUT2D eigenvalue weighted by atomic mass is 10.1. The fourth-order valence-electron chi connectivity index (χ4n) is 2.74. The molecule has 5 nitrogen and oxygen atoms in total. The van der Waals surface area contributed by atoms with Crippen LogP contribution in [0.1, 0.15) is 12.2 Å². The molecule has 0 aliphatic carbocycles. The summed E-state index contributed by atoms with van der Waals surface area (Å²) in [6.07, 6.45) is 5.15. The lowest BCUT2D eigenvalue weighted by Gasteiger charge is -2.32. The van der Waals surface area contributed by atoms with Crippen molar-refractivity contribution >= 4 is 16.7 Å². The molecule has 2 aromatic heterocycles. The molecule has 0 amide bonds. The van der Waals surface area contributed by atoms with E-state index in [-0.39, 0.29) is 0 Å². The molecule has 0 bridgehead atoms. The zero-order valence-corrected chi connectivity index (χ0v) is 12.2. The van der Waals surface area contributed by atoms with Gasteiger partial charge in [-0.1, -0.05) is 6.07 Å². The summed E-state index contributed by atoms with van der Waals surface area (Å²) >= 11 is 0. The monoisotopic (exact) mass is 279 g/mol. The van der Waals surface area contributed by atoms with Crippen molar-refractivity contribution in [2.75, 3.05) is 18.0 Å². The van der Waals surface area contributed by atoms with E-state index in [0.717, 1.165) is 46.8 Å². The van der Waals surface area contributed by atoms with Crippen LogP contribution < -0.4 is 4.90 Å². The molecule has 1 saturated heterocycles. The summed E-state index contributed by atoms with van der Waals surface area (Å²) in [5.41, 5.74) is 3.26. The minimum absolute atomic E-state index is 0.827. The molecule has 1 fully saturated rings. The highest BCUT2D eigenvalue weighted by molar-refractivity contribution is 5.92. The minimum Gasteiger partial charge on any atom is -0.356 e. The van der Waals surface area contributed by atoms with Gasteiger partial charge in [0.15, 0.2) is 0 Å². The number of fused-ring (bicyclic) bond motifs is 1. The predicted octanol–water partition coefficient (Wildman–Crippen LogP) is 2.55. The molecule has 4 rings (SSSR count). The molecule has 0 atom stereocenters. The normalized spacial score (nSPS) is 14.5. The lowest BCUT2D eigenvalue weighted by Crippen LogP contribution is -2.37. The lowest BCUT2D eigenvalue weighted by molar-refractivity contribution is 0.610. The average molecular weight is 279 g/mol. The molecular weight excluding hydrogens is 262 g/mol. The van der Waals surface area contributed by atoms with Crippen molar-refractivity contribution in [2.24, 2.45) is 7.05 Å². The maximum atomic E-state index is 4.63. The smallest absolute Gasteiger partial charge is 0.140 e. The number of hydrogen-bond acceptors (Lipinski definition) is 4. The Hall–Kier alpha value is -2.43. The first-order valence-electron chi connectivity index (χ1n) is 7.23. The highest BCUT2D eigenvalue weighted by Gasteiger charge is 2.19. The van der Waals surface area contributed by atoms with Gasteiger partial charge in [0.1, 0.15) is 11.6 Å². The van der Waals surface area contributed by atoms with Crippen LogP contribution in [0.5, 0.6) is 0 Å². The van der Waals surface area contributed by atoms with Crippen LogP contribution in [-0.2, 0) is 7.05 Å². The topological polar surface area (TPSA) is 46.8 Å². The molecule has 1 aliphatic heterocycles. The van der Waals surface area contributed by atoms with E-state index in [9.17, 15) is 0 Å². The Morgan fingerprint density at radius 3 is 2.62 bits per heavy atom. The first-order valence-corrected chi connectivity index (χ1v) is 7.23. The Morgan fingerprint density at radius 2 is 1.95 bits per heavy atom. The van der Waals surface area contributed by atoms with Gasteiger partial charge in [-0.2, -0.15) is 5.10 Å². The van der Waals surface area contributed by atoms with Crippen LogP contribution in [0.25, 0.3) is 22.0 Å². The van der Waals surface area contributed by atoms with Crippen LogP contribution in [-0.4, -0.2) is 32.8 Å². The first kappa shape index (κ1) is 12.3. The van der Waals surface area contributed by atoms with Crippen LogP contribution in [0.4, 0.5) is 5.82 Å². The van der Waals surface area contributed by atoms with Gasteiger partial charge < -0.3 is 4.90 Å². The zero-order chi connectivity index (χ0) is 14.4. The van der Waals surface area contributed by atoms with E-state index in [1.165, 1.54) is 6.42 Å². The molecule has 3 heterocycles. The van der Waals surface area contributed by atoms with Crippen LogP contribution in [0.15, 0.2) is 30.6 Å².